The van der Waals surface area contributed by atoms with Gasteiger partial charge >= 0.3 is 0 Å². The third-order valence-corrected chi connectivity index (χ3v) is 13.6. The Bertz CT molecular complexity index is 2780. The summed E-state index contributed by atoms with van der Waals surface area (Å²) >= 11 is 1.69. The smallest absolute Gasteiger partial charge is 0.126 e. The van der Waals surface area contributed by atoms with Gasteiger partial charge < -0.3 is 14.7 Å². The average molecular weight is 955 g/mol. The fourth-order valence-corrected chi connectivity index (χ4v) is 10.4. The van der Waals surface area contributed by atoms with E-state index in [1.54, 1.807) is 30.7 Å². The SMILES string of the molecule is [2H]C([2H])(c1cc(-c2[c-]ccc3c2CCCC3)ncc1[Si](C)(C)C)C(C)C.[2H]C1([2H])CCC([2H])([2H])c2c1ccnc2-c1[c-]cc2sc3cc(-c4ccccc4OC)ccc3c2c1.[Ir]. The Morgan fingerprint density at radius 1 is 0.857 bits per heavy atom. The number of para-hydroxylation sites is 1. The number of hydrogen-bond acceptors (Lipinski definition) is 4. The van der Waals surface area contributed by atoms with Gasteiger partial charge in [0.25, 0.3) is 0 Å². The molecule has 3 nitrogen and oxygen atoms in total. The van der Waals surface area contributed by atoms with Gasteiger partial charge in [0.15, 0.2) is 0 Å². The quantitative estimate of drug-likeness (QED) is 0.118. The largest absolute Gasteiger partial charge is 0.496 e. The number of rotatable bonds is 7. The molecule has 7 aromatic rings. The van der Waals surface area contributed by atoms with Crippen LogP contribution in [0.15, 0.2) is 91.3 Å². The van der Waals surface area contributed by atoms with Crippen molar-refractivity contribution in [2.24, 2.45) is 5.92 Å². The van der Waals surface area contributed by atoms with Crippen LogP contribution >= 0.6 is 11.3 Å². The minimum atomic E-state index is -1.70. The number of methoxy groups -OCH3 is 1. The Balaban J connectivity index is 0.000000192. The normalized spacial score (nSPS) is 17.4. The van der Waals surface area contributed by atoms with Crippen LogP contribution in [-0.2, 0) is 52.1 Å². The standard InChI is InChI=1S/C28H22NOS.C22H30NSi.Ir/c1-30-25-9-5-4-7-21(25)19-10-12-23-24-16-20(11-13-26(24)31-27(23)17-19)28-22-8-3-2-6-18(22)14-15-29-28;1-16(2)13-18-14-21(23-15-22(18)24(3,4)5)20-12-8-10-17-9-6-7-11-19(17)20;/h4-5,7,9-10,12-17H,2-3,6,8H2,1H3;8,10,14-16H,6-7,9,11,13H2,1-5H3;/q2*-1;/i6D2,8D2;13D2;. The Labute approximate surface area is 360 Å². The molecule has 2 aliphatic rings. The summed E-state index contributed by atoms with van der Waals surface area (Å²) in [5.41, 5.74) is 9.59. The minimum Gasteiger partial charge on any atom is -0.496 e. The van der Waals surface area contributed by atoms with Crippen LogP contribution in [0.25, 0.3) is 53.8 Å². The Morgan fingerprint density at radius 2 is 1.68 bits per heavy atom. The molecular formula is C50H52IrN2OSSi-2. The molecule has 0 N–H and O–H groups in total. The van der Waals surface area contributed by atoms with E-state index >= 15 is 0 Å². The van der Waals surface area contributed by atoms with Crippen LogP contribution in [0.1, 0.15) is 75.6 Å². The van der Waals surface area contributed by atoms with E-state index in [2.05, 4.69) is 67.1 Å². The molecule has 56 heavy (non-hydrogen) atoms. The number of ether oxygens (including phenoxy) is 1. The van der Waals surface area contributed by atoms with Gasteiger partial charge in [-0.1, -0.05) is 111 Å². The molecule has 4 aromatic carbocycles. The van der Waals surface area contributed by atoms with E-state index in [0.717, 1.165) is 71.9 Å². The molecule has 0 amide bonds. The second-order valence-electron chi connectivity index (χ2n) is 15.8. The summed E-state index contributed by atoms with van der Waals surface area (Å²) in [7, 11) is -0.0197. The summed E-state index contributed by atoms with van der Waals surface area (Å²) in [6.07, 6.45) is 3.90. The van der Waals surface area contributed by atoms with Crippen LogP contribution in [0.3, 0.4) is 0 Å². The number of hydrogen-bond donors (Lipinski definition) is 0. The summed E-state index contributed by atoms with van der Waals surface area (Å²) < 4.78 is 59.4. The molecular weight excluding hydrogens is 897 g/mol. The van der Waals surface area contributed by atoms with E-state index in [9.17, 15) is 0 Å². The predicted molar refractivity (Wildman–Crippen MR) is 237 cm³/mol. The first kappa shape index (κ1) is 33.1. The zero-order chi connectivity index (χ0) is 43.5. The van der Waals surface area contributed by atoms with Crippen molar-refractivity contribution in [2.45, 2.75) is 91.1 Å². The fourth-order valence-electron chi connectivity index (χ4n) is 7.84. The summed E-state index contributed by atoms with van der Waals surface area (Å²) in [5.74, 6) is 0.749. The van der Waals surface area contributed by atoms with Crippen molar-refractivity contribution in [3.8, 4) is 39.4 Å². The van der Waals surface area contributed by atoms with Gasteiger partial charge in [0.2, 0.25) is 0 Å². The Hall–Kier alpha value is -3.93. The van der Waals surface area contributed by atoms with E-state index in [4.69, 9.17) is 17.9 Å². The van der Waals surface area contributed by atoms with Crippen LogP contribution in [0.4, 0.5) is 0 Å². The molecule has 0 fully saturated rings. The van der Waals surface area contributed by atoms with Crippen molar-refractivity contribution in [3.05, 3.63) is 131 Å². The zero-order valence-corrected chi connectivity index (χ0v) is 37.2. The zero-order valence-electron chi connectivity index (χ0n) is 39.0. The van der Waals surface area contributed by atoms with Gasteiger partial charge in [-0.2, -0.15) is 11.3 Å². The van der Waals surface area contributed by atoms with Crippen molar-refractivity contribution in [3.63, 3.8) is 0 Å². The number of fused-ring (bicyclic) bond motifs is 5. The van der Waals surface area contributed by atoms with Crippen molar-refractivity contribution in [1.29, 1.82) is 0 Å². The van der Waals surface area contributed by atoms with Crippen LogP contribution in [0.2, 0.25) is 19.6 Å². The Morgan fingerprint density at radius 3 is 2.50 bits per heavy atom. The van der Waals surface area contributed by atoms with E-state index < -0.39 is 27.2 Å². The number of pyridine rings is 2. The summed E-state index contributed by atoms with van der Waals surface area (Å²) in [4.78, 5) is 9.31. The molecule has 0 saturated carbocycles. The maximum Gasteiger partial charge on any atom is 0.126 e. The van der Waals surface area contributed by atoms with E-state index in [1.807, 2.05) is 62.5 Å². The van der Waals surface area contributed by atoms with Crippen LogP contribution in [0.5, 0.6) is 5.75 Å². The molecule has 0 spiro atoms. The second kappa shape index (κ2) is 17.3. The molecule has 3 heterocycles. The molecule has 0 unspecified atom stereocenters. The van der Waals surface area contributed by atoms with Gasteiger partial charge in [-0.3, -0.25) is 0 Å². The topological polar surface area (TPSA) is 35.0 Å². The minimum absolute atomic E-state index is 0. The molecule has 1 radical (unpaired) electrons. The Kier molecular flexibility index (Phi) is 10.2. The van der Waals surface area contributed by atoms with Crippen LogP contribution < -0.4 is 9.92 Å². The van der Waals surface area contributed by atoms with E-state index in [0.29, 0.717) is 22.4 Å². The number of thiophene rings is 1. The average Bonchev–Trinajstić information content (AvgIpc) is 3.62. The summed E-state index contributed by atoms with van der Waals surface area (Å²) in [6, 6.07) is 32.9. The number of aryl methyl sites for hydroxylation is 2. The monoisotopic (exact) mass is 955 g/mol. The molecule has 289 valence electrons. The first-order valence-electron chi connectivity index (χ1n) is 22.5. The third kappa shape index (κ3) is 8.36. The summed E-state index contributed by atoms with van der Waals surface area (Å²) in [5, 5.41) is 3.30. The first-order valence-corrected chi connectivity index (χ1v) is 23.8. The third-order valence-electron chi connectivity index (χ3n) is 10.5. The molecule has 0 bridgehead atoms. The predicted octanol–water partition coefficient (Wildman–Crippen LogP) is 12.6. The second-order valence-corrected chi connectivity index (χ2v) is 21.9. The van der Waals surface area contributed by atoms with Gasteiger partial charge in [0, 0.05) is 51.0 Å². The van der Waals surface area contributed by atoms with Gasteiger partial charge in [-0.05, 0) is 94.7 Å². The number of aromatic nitrogens is 2. The van der Waals surface area contributed by atoms with Gasteiger partial charge in [0.1, 0.15) is 5.75 Å². The molecule has 3 aromatic heterocycles. The van der Waals surface area contributed by atoms with Crippen molar-refractivity contribution in [1.82, 2.24) is 9.97 Å². The van der Waals surface area contributed by atoms with E-state index in [-0.39, 0.29) is 38.9 Å². The molecule has 0 aliphatic heterocycles. The molecule has 0 saturated heterocycles. The van der Waals surface area contributed by atoms with Crippen LogP contribution in [-0.4, -0.2) is 25.2 Å². The van der Waals surface area contributed by atoms with Gasteiger partial charge in [-0.15, -0.1) is 58.7 Å². The maximum atomic E-state index is 8.74. The molecule has 9 rings (SSSR count). The molecule has 6 heteroatoms. The first-order chi connectivity index (χ1) is 28.9. The maximum absolute atomic E-state index is 8.74. The number of benzene rings is 4. The number of nitrogens with zero attached hydrogens (tertiary/aromatic N) is 2. The van der Waals surface area contributed by atoms with Crippen molar-refractivity contribution < 1.29 is 33.1 Å². The molecule has 0 atom stereocenters. The van der Waals surface area contributed by atoms with E-state index in [1.165, 1.54) is 24.0 Å². The van der Waals surface area contributed by atoms with Crippen molar-refractivity contribution >= 4 is 44.8 Å². The van der Waals surface area contributed by atoms with Gasteiger partial charge in [-0.25, -0.2) is 0 Å². The van der Waals surface area contributed by atoms with Crippen molar-refractivity contribution in [2.75, 3.05) is 7.11 Å². The summed E-state index contributed by atoms with van der Waals surface area (Å²) in [6.45, 7) is 10.7. The van der Waals surface area contributed by atoms with Crippen LogP contribution in [0, 0.1) is 18.1 Å². The fraction of sp³-hybridized carbons (Fsp3) is 0.320. The molecule has 2 aliphatic carbocycles. The van der Waals surface area contributed by atoms with Gasteiger partial charge in [0.05, 0.1) is 15.2 Å².